The first-order chi connectivity index (χ1) is 20.7. The highest BCUT2D eigenvalue weighted by atomic mass is 35.5. The third-order valence-corrected chi connectivity index (χ3v) is 9.54. The van der Waals surface area contributed by atoms with Crippen LogP contribution in [0, 0.1) is 17.1 Å². The molecule has 0 aliphatic carbocycles. The monoisotopic (exact) mass is 622 g/mol. The molecule has 12 heteroatoms. The molecule has 0 unspecified atom stereocenters. The van der Waals surface area contributed by atoms with Crippen molar-refractivity contribution in [2.45, 2.75) is 31.3 Å². The molecule has 6 rings (SSSR count). The highest BCUT2D eigenvalue weighted by molar-refractivity contribution is 7.23. The number of halogens is 3. The Balaban J connectivity index is 1.43. The van der Waals surface area contributed by atoms with Gasteiger partial charge in [0.2, 0.25) is 0 Å². The zero-order valence-electron chi connectivity index (χ0n) is 23.5. The largest absolute Gasteiger partial charge is 0.462 e. The van der Waals surface area contributed by atoms with Crippen LogP contribution in [0.4, 0.5) is 14.6 Å². The maximum atomic E-state index is 16.0. The number of carbonyl (C=O) groups is 1. The van der Waals surface area contributed by atoms with E-state index in [1.165, 1.54) is 22.3 Å². The molecule has 222 valence electrons. The lowest BCUT2D eigenvalue weighted by atomic mass is 10.0. The average Bonchev–Trinajstić information content (AvgIpc) is 3.59. The predicted octanol–water partition coefficient (Wildman–Crippen LogP) is 6.19. The summed E-state index contributed by atoms with van der Waals surface area (Å²) in [4.78, 5) is 27.3. The standard InChI is InChI=1S/C31H29ClF2N6O2S/c1-18(33)30(41)40-12-11-39(16-20(40)8-9-35)29-24-14-25(34)23(22-7-3-5-19-13-27(32)43-28(19)22)15-26(24)36-31(37-29)42-17-21-6-4-10-38(21)2/h3,5,7,13-15,20-21H,1,4,6,8,10-12,16-17H2,2H3/t20-,21-/m0/s1. The van der Waals surface area contributed by atoms with E-state index in [9.17, 15) is 14.4 Å². The highest BCUT2D eigenvalue weighted by Gasteiger charge is 2.33. The van der Waals surface area contributed by atoms with E-state index < -0.39 is 23.6 Å². The summed E-state index contributed by atoms with van der Waals surface area (Å²) in [6, 6.07) is 12.5. The second kappa shape index (κ2) is 12.0. The molecule has 2 aromatic carbocycles. The van der Waals surface area contributed by atoms with Crippen LogP contribution in [0.2, 0.25) is 4.34 Å². The Hall–Kier alpha value is -3.85. The van der Waals surface area contributed by atoms with Crippen molar-refractivity contribution in [3.8, 4) is 23.2 Å². The van der Waals surface area contributed by atoms with E-state index >= 15 is 4.39 Å². The molecule has 0 bridgehead atoms. The Bertz CT molecular complexity index is 1770. The molecule has 8 nitrogen and oxygen atoms in total. The van der Waals surface area contributed by atoms with Crippen molar-refractivity contribution in [1.82, 2.24) is 19.8 Å². The van der Waals surface area contributed by atoms with Crippen LogP contribution in [-0.2, 0) is 4.79 Å². The number of rotatable bonds is 7. The van der Waals surface area contributed by atoms with Crippen LogP contribution < -0.4 is 9.64 Å². The number of carbonyl (C=O) groups excluding carboxylic acids is 1. The normalized spacial score (nSPS) is 19.2. The lowest BCUT2D eigenvalue weighted by Gasteiger charge is -2.41. The number of anilines is 1. The summed E-state index contributed by atoms with van der Waals surface area (Å²) in [6.45, 7) is 5.15. The number of nitrogens with zero attached hydrogens (tertiary/aromatic N) is 6. The van der Waals surface area contributed by atoms with Gasteiger partial charge in [0.1, 0.15) is 18.2 Å². The first-order valence-corrected chi connectivity index (χ1v) is 15.2. The van der Waals surface area contributed by atoms with E-state index in [4.69, 9.17) is 26.3 Å². The van der Waals surface area contributed by atoms with Gasteiger partial charge in [0.25, 0.3) is 5.91 Å². The van der Waals surface area contributed by atoms with Crippen LogP contribution in [0.15, 0.2) is 48.8 Å². The Morgan fingerprint density at radius 3 is 2.79 bits per heavy atom. The first-order valence-electron chi connectivity index (χ1n) is 14.0. The van der Waals surface area contributed by atoms with Crippen molar-refractivity contribution in [2.24, 2.45) is 0 Å². The summed E-state index contributed by atoms with van der Waals surface area (Å²) in [6.07, 6.45) is 2.08. The first kappa shape index (κ1) is 29.2. The third-order valence-electron chi connectivity index (χ3n) is 8.23. The van der Waals surface area contributed by atoms with E-state index in [-0.39, 0.29) is 38.1 Å². The van der Waals surface area contributed by atoms with Crippen LogP contribution in [0.25, 0.3) is 32.1 Å². The van der Waals surface area contributed by atoms with E-state index in [1.807, 2.05) is 29.2 Å². The van der Waals surface area contributed by atoms with Gasteiger partial charge in [-0.3, -0.25) is 4.79 Å². The number of likely N-dealkylation sites (N-methyl/N-ethyl adjacent to an activating group) is 1. The van der Waals surface area contributed by atoms with Crippen molar-refractivity contribution in [2.75, 3.05) is 44.7 Å². The maximum Gasteiger partial charge on any atom is 0.319 e. The topological polar surface area (TPSA) is 85.6 Å². The molecule has 0 saturated carbocycles. The number of ether oxygens (including phenoxy) is 1. The van der Waals surface area contributed by atoms with Gasteiger partial charge in [0.05, 0.1) is 28.4 Å². The number of benzene rings is 2. The molecule has 2 aliphatic rings. The van der Waals surface area contributed by atoms with Gasteiger partial charge < -0.3 is 19.4 Å². The summed E-state index contributed by atoms with van der Waals surface area (Å²) in [5.41, 5.74) is 1.57. The zero-order chi connectivity index (χ0) is 30.2. The van der Waals surface area contributed by atoms with Crippen molar-refractivity contribution in [3.05, 3.63) is 59.0 Å². The van der Waals surface area contributed by atoms with Gasteiger partial charge in [-0.05, 0) is 50.0 Å². The highest BCUT2D eigenvalue weighted by Crippen LogP contribution is 2.40. The van der Waals surface area contributed by atoms with Gasteiger partial charge in [-0.25, -0.2) is 8.78 Å². The molecule has 43 heavy (non-hydrogen) atoms. The lowest BCUT2D eigenvalue weighted by Crippen LogP contribution is -2.55. The van der Waals surface area contributed by atoms with Crippen molar-refractivity contribution in [1.29, 1.82) is 5.26 Å². The maximum absolute atomic E-state index is 16.0. The number of hydrogen-bond acceptors (Lipinski definition) is 8. The molecule has 2 saturated heterocycles. The average molecular weight is 623 g/mol. The number of amides is 1. The minimum Gasteiger partial charge on any atom is -0.462 e. The molecule has 2 fully saturated rings. The molecular formula is C31H29ClF2N6O2S. The van der Waals surface area contributed by atoms with Crippen molar-refractivity contribution >= 4 is 55.7 Å². The Morgan fingerprint density at radius 1 is 1.21 bits per heavy atom. The van der Waals surface area contributed by atoms with Crippen LogP contribution in [0.1, 0.15) is 19.3 Å². The zero-order valence-corrected chi connectivity index (χ0v) is 25.1. The van der Waals surface area contributed by atoms with Crippen molar-refractivity contribution < 1.29 is 18.3 Å². The van der Waals surface area contributed by atoms with Gasteiger partial charge in [-0.1, -0.05) is 36.4 Å². The summed E-state index contributed by atoms with van der Waals surface area (Å²) in [7, 11) is 2.06. The number of aromatic nitrogens is 2. The van der Waals surface area contributed by atoms with E-state index in [1.54, 1.807) is 6.07 Å². The Labute approximate surface area is 256 Å². The number of piperazine rings is 1. The molecular weight excluding hydrogens is 594 g/mol. The fraction of sp³-hybridized carbons (Fsp3) is 0.355. The predicted molar refractivity (Wildman–Crippen MR) is 165 cm³/mol. The number of nitriles is 1. The number of likely N-dealkylation sites (tertiary alicyclic amines) is 1. The van der Waals surface area contributed by atoms with Crippen LogP contribution >= 0.6 is 22.9 Å². The summed E-state index contributed by atoms with van der Waals surface area (Å²) in [5, 5.41) is 10.8. The quantitative estimate of drug-likeness (QED) is 0.227. The van der Waals surface area contributed by atoms with Gasteiger partial charge in [-0.2, -0.15) is 15.2 Å². The second-order valence-electron chi connectivity index (χ2n) is 10.9. The minimum absolute atomic E-state index is 0.0121. The van der Waals surface area contributed by atoms with Crippen LogP contribution in [0.3, 0.4) is 0 Å². The number of thiophene rings is 1. The molecule has 0 radical (unpaired) electrons. The van der Waals surface area contributed by atoms with Gasteiger partial charge in [-0.15, -0.1) is 11.3 Å². The summed E-state index contributed by atoms with van der Waals surface area (Å²) in [5.74, 6) is -1.94. The lowest BCUT2D eigenvalue weighted by molar-refractivity contribution is -0.131. The van der Waals surface area contributed by atoms with E-state index in [0.29, 0.717) is 38.8 Å². The summed E-state index contributed by atoms with van der Waals surface area (Å²) < 4.78 is 37.3. The molecule has 2 aromatic heterocycles. The van der Waals surface area contributed by atoms with E-state index in [0.717, 1.165) is 29.5 Å². The fourth-order valence-corrected chi connectivity index (χ4v) is 7.24. The van der Waals surface area contributed by atoms with Gasteiger partial charge in [0.15, 0.2) is 5.83 Å². The van der Waals surface area contributed by atoms with Crippen molar-refractivity contribution in [3.63, 3.8) is 0 Å². The van der Waals surface area contributed by atoms with Gasteiger partial charge >= 0.3 is 6.01 Å². The SMILES string of the molecule is C=C(F)C(=O)N1CCN(c2nc(OC[C@@H]3CCCN3C)nc3cc(-c4cccc5cc(Cl)sc45)c(F)cc23)C[C@@H]1CC#N. The van der Waals surface area contributed by atoms with E-state index in [2.05, 4.69) is 24.6 Å². The molecule has 2 aliphatic heterocycles. The van der Waals surface area contributed by atoms with Crippen LogP contribution in [-0.4, -0.2) is 77.6 Å². The molecule has 0 N–H and O–H groups in total. The Morgan fingerprint density at radius 2 is 2.05 bits per heavy atom. The smallest absolute Gasteiger partial charge is 0.319 e. The molecule has 1 amide bonds. The van der Waals surface area contributed by atoms with Crippen LogP contribution in [0.5, 0.6) is 6.01 Å². The second-order valence-corrected chi connectivity index (χ2v) is 12.6. The van der Waals surface area contributed by atoms with Gasteiger partial charge in [0, 0.05) is 46.9 Å². The Kier molecular flexibility index (Phi) is 8.18. The molecule has 4 aromatic rings. The molecule has 2 atom stereocenters. The fourth-order valence-electron chi connectivity index (χ4n) is 5.98. The number of fused-ring (bicyclic) bond motifs is 2. The number of hydrogen-bond donors (Lipinski definition) is 0. The summed E-state index contributed by atoms with van der Waals surface area (Å²) >= 11 is 7.68. The minimum atomic E-state index is -1.08. The third kappa shape index (κ3) is 5.75. The molecule has 0 spiro atoms. The molecule has 4 heterocycles.